The largest absolute Gasteiger partial charge is 0.466 e. The first-order chi connectivity index (χ1) is 13.1. The molecule has 1 heterocycles. The van der Waals surface area contributed by atoms with E-state index in [2.05, 4.69) is 23.1 Å². The van der Waals surface area contributed by atoms with Gasteiger partial charge >= 0.3 is 5.97 Å². The van der Waals surface area contributed by atoms with Gasteiger partial charge in [-0.3, -0.25) is 4.79 Å². The number of carbonyl (C=O) groups excluding carboxylic acids is 1. The fourth-order valence-electron chi connectivity index (χ4n) is 4.15. The van der Waals surface area contributed by atoms with Crippen molar-refractivity contribution < 1.29 is 13.9 Å². The van der Waals surface area contributed by atoms with Gasteiger partial charge < -0.3 is 9.64 Å². The number of carbonyl (C=O) groups is 1. The molecule has 0 N–H and O–H groups in total. The molecule has 1 saturated carbocycles. The summed E-state index contributed by atoms with van der Waals surface area (Å²) < 4.78 is 19.4. The van der Waals surface area contributed by atoms with Gasteiger partial charge in [-0.15, -0.1) is 0 Å². The van der Waals surface area contributed by atoms with Crippen LogP contribution in [0.2, 0.25) is 0 Å². The van der Waals surface area contributed by atoms with Crippen molar-refractivity contribution in [2.24, 2.45) is 5.92 Å². The van der Waals surface area contributed by atoms with Crippen molar-refractivity contribution in [1.29, 1.82) is 0 Å². The van der Waals surface area contributed by atoms with E-state index in [1.54, 1.807) is 6.07 Å². The van der Waals surface area contributed by atoms with E-state index in [0.717, 1.165) is 37.9 Å². The SMILES string of the molecule is CCOC(=O)C1CC1c1ccc2c(c1)CCN(c1cc(C)ccc1F)CC2. The van der Waals surface area contributed by atoms with Gasteiger partial charge in [0.05, 0.1) is 18.2 Å². The molecule has 1 aliphatic heterocycles. The summed E-state index contributed by atoms with van der Waals surface area (Å²) in [4.78, 5) is 14.1. The van der Waals surface area contributed by atoms with Crippen LogP contribution < -0.4 is 4.90 Å². The molecule has 1 aliphatic carbocycles. The molecule has 0 amide bonds. The van der Waals surface area contributed by atoms with Crippen LogP contribution >= 0.6 is 0 Å². The number of nitrogens with zero attached hydrogens (tertiary/aromatic N) is 1. The highest BCUT2D eigenvalue weighted by Gasteiger charge is 2.45. The van der Waals surface area contributed by atoms with Crippen molar-refractivity contribution in [3.63, 3.8) is 0 Å². The first-order valence-corrected chi connectivity index (χ1v) is 9.86. The minimum absolute atomic E-state index is 0.0201. The highest BCUT2D eigenvalue weighted by atomic mass is 19.1. The third-order valence-corrected chi connectivity index (χ3v) is 5.78. The number of aryl methyl sites for hydroxylation is 1. The van der Waals surface area contributed by atoms with Crippen LogP contribution in [0.3, 0.4) is 0 Å². The molecule has 2 aromatic rings. The minimum atomic E-state index is -0.150. The summed E-state index contributed by atoms with van der Waals surface area (Å²) in [7, 11) is 0. The van der Waals surface area contributed by atoms with Crippen molar-refractivity contribution in [2.45, 2.75) is 39.0 Å². The Hall–Kier alpha value is -2.36. The topological polar surface area (TPSA) is 29.5 Å². The van der Waals surface area contributed by atoms with Crippen LogP contribution in [0, 0.1) is 18.7 Å². The minimum Gasteiger partial charge on any atom is -0.466 e. The highest BCUT2D eigenvalue weighted by Crippen LogP contribution is 2.48. The second-order valence-corrected chi connectivity index (χ2v) is 7.67. The molecule has 0 aromatic heterocycles. The number of anilines is 1. The van der Waals surface area contributed by atoms with E-state index < -0.39 is 0 Å². The number of fused-ring (bicyclic) bond motifs is 1. The molecule has 4 heteroatoms. The van der Waals surface area contributed by atoms with Gasteiger partial charge in [0.2, 0.25) is 0 Å². The van der Waals surface area contributed by atoms with Gasteiger partial charge in [-0.2, -0.15) is 0 Å². The molecule has 0 spiro atoms. The van der Waals surface area contributed by atoms with E-state index in [1.807, 2.05) is 26.0 Å². The molecule has 0 saturated heterocycles. The lowest BCUT2D eigenvalue weighted by Gasteiger charge is -2.23. The average molecular weight is 367 g/mol. The lowest BCUT2D eigenvalue weighted by molar-refractivity contribution is -0.144. The maximum absolute atomic E-state index is 14.3. The van der Waals surface area contributed by atoms with Crippen molar-refractivity contribution in [2.75, 3.05) is 24.6 Å². The van der Waals surface area contributed by atoms with Gasteiger partial charge in [-0.1, -0.05) is 24.3 Å². The van der Waals surface area contributed by atoms with Crippen LogP contribution in [0.4, 0.5) is 10.1 Å². The highest BCUT2D eigenvalue weighted by molar-refractivity contribution is 5.77. The molecule has 3 nitrogen and oxygen atoms in total. The van der Waals surface area contributed by atoms with Crippen molar-refractivity contribution >= 4 is 11.7 Å². The predicted octanol–water partition coefficient (Wildman–Crippen LogP) is 4.41. The molecule has 0 radical (unpaired) electrons. The molecule has 1 fully saturated rings. The van der Waals surface area contributed by atoms with E-state index in [-0.39, 0.29) is 17.7 Å². The van der Waals surface area contributed by atoms with Crippen LogP contribution in [0.5, 0.6) is 0 Å². The predicted molar refractivity (Wildman–Crippen MR) is 105 cm³/mol. The summed E-state index contributed by atoms with van der Waals surface area (Å²) >= 11 is 0. The molecule has 27 heavy (non-hydrogen) atoms. The number of benzene rings is 2. The molecule has 2 aromatic carbocycles. The first-order valence-electron chi connectivity index (χ1n) is 9.86. The number of rotatable bonds is 4. The van der Waals surface area contributed by atoms with Crippen LogP contribution in [-0.4, -0.2) is 25.7 Å². The molecule has 2 unspecified atom stereocenters. The van der Waals surface area contributed by atoms with Crippen LogP contribution in [0.1, 0.15) is 41.5 Å². The normalized spacial score (nSPS) is 21.4. The van der Waals surface area contributed by atoms with Gasteiger partial charge in [-0.25, -0.2) is 4.39 Å². The van der Waals surface area contributed by atoms with E-state index in [0.29, 0.717) is 18.2 Å². The molecule has 2 atom stereocenters. The average Bonchev–Trinajstić information content (AvgIpc) is 3.47. The van der Waals surface area contributed by atoms with E-state index in [9.17, 15) is 9.18 Å². The van der Waals surface area contributed by atoms with E-state index >= 15 is 0 Å². The lowest BCUT2D eigenvalue weighted by Crippen LogP contribution is -2.27. The van der Waals surface area contributed by atoms with Crippen molar-refractivity contribution in [3.05, 3.63) is 64.5 Å². The quantitative estimate of drug-likeness (QED) is 0.750. The van der Waals surface area contributed by atoms with Gasteiger partial charge in [0, 0.05) is 13.1 Å². The van der Waals surface area contributed by atoms with Gasteiger partial charge in [0.25, 0.3) is 0 Å². The summed E-state index contributed by atoms with van der Waals surface area (Å²) in [5.74, 6) is 0.0932. The van der Waals surface area contributed by atoms with Gasteiger partial charge in [0.1, 0.15) is 5.82 Å². The molecule has 142 valence electrons. The summed E-state index contributed by atoms with van der Waals surface area (Å²) in [6, 6.07) is 11.9. The monoisotopic (exact) mass is 367 g/mol. The van der Waals surface area contributed by atoms with Crippen LogP contribution in [-0.2, 0) is 22.4 Å². The maximum atomic E-state index is 14.3. The van der Waals surface area contributed by atoms with Crippen molar-refractivity contribution in [1.82, 2.24) is 0 Å². The smallest absolute Gasteiger partial charge is 0.309 e. The fraction of sp³-hybridized carbons (Fsp3) is 0.435. The van der Waals surface area contributed by atoms with Gasteiger partial charge in [0.15, 0.2) is 0 Å². The molecule has 0 bridgehead atoms. The standard InChI is InChI=1S/C23H26FNO2/c1-3-27-23(26)20-14-19(20)18-6-5-16-8-10-25(11-9-17(16)13-18)22-12-15(2)4-7-21(22)24/h4-7,12-13,19-20H,3,8-11,14H2,1-2H3. The Morgan fingerprint density at radius 3 is 2.70 bits per heavy atom. The zero-order chi connectivity index (χ0) is 19.0. The number of halogens is 1. The second-order valence-electron chi connectivity index (χ2n) is 7.67. The summed E-state index contributed by atoms with van der Waals surface area (Å²) in [5, 5.41) is 0. The Morgan fingerprint density at radius 2 is 1.93 bits per heavy atom. The number of ether oxygens (including phenoxy) is 1. The Balaban J connectivity index is 1.49. The third kappa shape index (κ3) is 3.71. The zero-order valence-corrected chi connectivity index (χ0v) is 16.0. The van der Waals surface area contributed by atoms with E-state index in [1.165, 1.54) is 16.7 Å². The Bertz CT molecular complexity index is 863. The third-order valence-electron chi connectivity index (χ3n) is 5.78. The summed E-state index contributed by atoms with van der Waals surface area (Å²) in [6.07, 6.45) is 2.70. The summed E-state index contributed by atoms with van der Waals surface area (Å²) in [6.45, 7) is 5.92. The summed E-state index contributed by atoms with van der Waals surface area (Å²) in [5.41, 5.74) is 5.68. The van der Waals surface area contributed by atoms with Crippen molar-refractivity contribution in [3.8, 4) is 0 Å². The Kier molecular flexibility index (Phi) is 4.90. The first kappa shape index (κ1) is 18.0. The lowest BCUT2D eigenvalue weighted by atomic mass is 9.97. The Morgan fingerprint density at radius 1 is 1.15 bits per heavy atom. The second kappa shape index (κ2) is 7.34. The molecule has 2 aliphatic rings. The fourth-order valence-corrected chi connectivity index (χ4v) is 4.15. The molecular formula is C23H26FNO2. The number of hydrogen-bond acceptors (Lipinski definition) is 3. The van der Waals surface area contributed by atoms with Crippen LogP contribution in [0.15, 0.2) is 36.4 Å². The molecule has 4 rings (SSSR count). The zero-order valence-electron chi connectivity index (χ0n) is 16.0. The molecular weight excluding hydrogens is 341 g/mol. The number of esters is 1. The maximum Gasteiger partial charge on any atom is 0.309 e. The number of hydrogen-bond donors (Lipinski definition) is 0. The van der Waals surface area contributed by atoms with Crippen LogP contribution in [0.25, 0.3) is 0 Å². The van der Waals surface area contributed by atoms with E-state index in [4.69, 9.17) is 4.74 Å². The Labute approximate surface area is 160 Å². The van der Waals surface area contributed by atoms with Gasteiger partial charge in [-0.05, 0) is 73.4 Å².